The van der Waals surface area contributed by atoms with Crippen LogP contribution in [-0.4, -0.2) is 11.2 Å². The summed E-state index contributed by atoms with van der Waals surface area (Å²) in [6.07, 6.45) is 12.0. The minimum atomic E-state index is -0.325. The lowest BCUT2D eigenvalue weighted by atomic mass is 9.81. The van der Waals surface area contributed by atoms with Crippen molar-refractivity contribution in [1.82, 2.24) is 0 Å². The number of halogens is 1. The van der Waals surface area contributed by atoms with Gasteiger partial charge in [0.15, 0.2) is 0 Å². The van der Waals surface area contributed by atoms with Crippen molar-refractivity contribution in [2.45, 2.75) is 51.0 Å². The second-order valence-corrected chi connectivity index (χ2v) is 5.04. The van der Waals surface area contributed by atoms with E-state index in [0.717, 1.165) is 36.3 Å². The molecule has 0 aliphatic heterocycles. The predicted octanol–water partition coefficient (Wildman–Crippen LogP) is 3.77. The van der Waals surface area contributed by atoms with Crippen LogP contribution in [-0.2, 0) is 0 Å². The van der Waals surface area contributed by atoms with E-state index in [0.29, 0.717) is 5.92 Å². The number of aliphatic hydroxyl groups excluding tert-OH is 1. The smallest absolute Gasteiger partial charge is 0.0829 e. The Morgan fingerprint density at radius 2 is 1.80 bits per heavy atom. The maximum absolute atomic E-state index is 10.3. The van der Waals surface area contributed by atoms with Crippen molar-refractivity contribution in [2.75, 3.05) is 0 Å². The number of aliphatic hydroxyl groups is 1. The van der Waals surface area contributed by atoms with E-state index in [4.69, 9.17) is 11.6 Å². The molecule has 0 saturated heterocycles. The summed E-state index contributed by atoms with van der Waals surface area (Å²) in [6.45, 7) is 0. The van der Waals surface area contributed by atoms with E-state index < -0.39 is 0 Å². The van der Waals surface area contributed by atoms with Gasteiger partial charge in [0.05, 0.1) is 6.10 Å². The van der Waals surface area contributed by atoms with Crippen LogP contribution in [0.4, 0.5) is 0 Å². The van der Waals surface area contributed by atoms with Crippen molar-refractivity contribution in [3.05, 3.63) is 22.8 Å². The largest absolute Gasteiger partial charge is 0.388 e. The van der Waals surface area contributed by atoms with Crippen LogP contribution in [0, 0.1) is 5.92 Å². The summed E-state index contributed by atoms with van der Waals surface area (Å²) >= 11 is 6.13. The van der Waals surface area contributed by atoms with Crippen molar-refractivity contribution < 1.29 is 5.11 Å². The minimum Gasteiger partial charge on any atom is -0.388 e. The highest BCUT2D eigenvalue weighted by atomic mass is 35.5. The third kappa shape index (κ3) is 2.64. The maximum atomic E-state index is 10.3. The molecule has 1 unspecified atom stereocenters. The zero-order valence-electron chi connectivity index (χ0n) is 9.08. The summed E-state index contributed by atoms with van der Waals surface area (Å²) in [5.74, 6) is 0.435. The monoisotopic (exact) mass is 226 g/mol. The zero-order chi connectivity index (χ0) is 10.7. The fraction of sp³-hybridized carbons (Fsp3) is 0.692. The Hall–Kier alpha value is -0.270. The lowest BCUT2D eigenvalue weighted by molar-refractivity contribution is 0.117. The third-order valence-corrected chi connectivity index (χ3v) is 3.92. The minimum absolute atomic E-state index is 0.325. The molecule has 0 spiro atoms. The van der Waals surface area contributed by atoms with Gasteiger partial charge < -0.3 is 5.11 Å². The summed E-state index contributed by atoms with van der Waals surface area (Å²) in [4.78, 5) is 0. The normalized spacial score (nSPS) is 25.7. The first-order valence-corrected chi connectivity index (χ1v) is 6.41. The molecule has 0 heterocycles. The van der Waals surface area contributed by atoms with Gasteiger partial charge in [-0.1, -0.05) is 43.0 Å². The van der Waals surface area contributed by atoms with Gasteiger partial charge in [0.1, 0.15) is 0 Å². The highest BCUT2D eigenvalue weighted by molar-refractivity contribution is 6.32. The van der Waals surface area contributed by atoms with Crippen LogP contribution in [0.5, 0.6) is 0 Å². The van der Waals surface area contributed by atoms with Crippen LogP contribution >= 0.6 is 11.6 Å². The van der Waals surface area contributed by atoms with E-state index in [1.165, 1.54) is 19.3 Å². The lowest BCUT2D eigenvalue weighted by Crippen LogP contribution is -2.25. The molecular formula is C13H19ClO. The Bertz CT molecular complexity index is 274. The quantitative estimate of drug-likeness (QED) is 0.760. The molecule has 15 heavy (non-hydrogen) atoms. The highest BCUT2D eigenvalue weighted by Crippen LogP contribution is 2.34. The summed E-state index contributed by atoms with van der Waals surface area (Å²) < 4.78 is 0. The Kier molecular flexibility index (Phi) is 3.87. The van der Waals surface area contributed by atoms with E-state index in [-0.39, 0.29) is 6.10 Å². The van der Waals surface area contributed by atoms with Gasteiger partial charge >= 0.3 is 0 Å². The van der Waals surface area contributed by atoms with Crippen molar-refractivity contribution in [3.8, 4) is 0 Å². The first kappa shape index (κ1) is 11.2. The summed E-state index contributed by atoms with van der Waals surface area (Å²) in [7, 11) is 0. The highest BCUT2D eigenvalue weighted by Gasteiger charge is 2.26. The molecule has 2 heteroatoms. The first-order chi connectivity index (χ1) is 7.29. The number of hydrogen-bond donors (Lipinski definition) is 1. The van der Waals surface area contributed by atoms with Crippen molar-refractivity contribution in [3.63, 3.8) is 0 Å². The average Bonchev–Trinajstić information content (AvgIpc) is 2.30. The molecule has 0 amide bonds. The van der Waals surface area contributed by atoms with Crippen LogP contribution in [0.25, 0.3) is 0 Å². The van der Waals surface area contributed by atoms with Gasteiger partial charge in [0.25, 0.3) is 0 Å². The van der Waals surface area contributed by atoms with E-state index in [9.17, 15) is 5.11 Å². The Morgan fingerprint density at radius 3 is 2.47 bits per heavy atom. The predicted molar refractivity (Wildman–Crippen MR) is 63.8 cm³/mol. The molecule has 0 aromatic heterocycles. The van der Waals surface area contributed by atoms with E-state index in [1.807, 2.05) is 6.08 Å². The van der Waals surface area contributed by atoms with Gasteiger partial charge in [-0.25, -0.2) is 0 Å². The van der Waals surface area contributed by atoms with Gasteiger partial charge in [0.2, 0.25) is 0 Å². The summed E-state index contributed by atoms with van der Waals surface area (Å²) in [5, 5.41) is 11.1. The van der Waals surface area contributed by atoms with E-state index in [1.54, 1.807) is 0 Å². The fourth-order valence-corrected chi connectivity index (χ4v) is 2.93. The van der Waals surface area contributed by atoms with Gasteiger partial charge in [-0.05, 0) is 37.2 Å². The standard InChI is InChI=1S/C13H19ClO/c14-12-9-5-4-8-11(12)13(15)10-6-2-1-3-7-10/h8-10,13,15H,1-7H2. The van der Waals surface area contributed by atoms with Crippen molar-refractivity contribution >= 4 is 11.6 Å². The third-order valence-electron chi connectivity index (χ3n) is 3.55. The Morgan fingerprint density at radius 1 is 1.13 bits per heavy atom. The molecule has 1 saturated carbocycles. The molecule has 1 nitrogen and oxygen atoms in total. The van der Waals surface area contributed by atoms with Gasteiger partial charge in [-0.2, -0.15) is 0 Å². The molecule has 2 aliphatic rings. The number of hydrogen-bond acceptors (Lipinski definition) is 1. The van der Waals surface area contributed by atoms with Crippen LogP contribution in [0.2, 0.25) is 0 Å². The number of rotatable bonds is 2. The van der Waals surface area contributed by atoms with Crippen LogP contribution < -0.4 is 0 Å². The zero-order valence-corrected chi connectivity index (χ0v) is 9.84. The van der Waals surface area contributed by atoms with Crippen molar-refractivity contribution in [2.24, 2.45) is 5.92 Å². The SMILES string of the molecule is OC(C1=CCCC=C1Cl)C1CCCCC1. The van der Waals surface area contributed by atoms with Crippen molar-refractivity contribution in [1.29, 1.82) is 0 Å². The molecule has 1 N–H and O–H groups in total. The maximum Gasteiger partial charge on any atom is 0.0829 e. The topological polar surface area (TPSA) is 20.2 Å². The summed E-state index contributed by atoms with van der Waals surface area (Å²) in [5.41, 5.74) is 0.981. The molecule has 1 atom stereocenters. The molecule has 2 rings (SSSR count). The van der Waals surface area contributed by atoms with Crippen LogP contribution in [0.3, 0.4) is 0 Å². The second-order valence-electron chi connectivity index (χ2n) is 4.63. The van der Waals surface area contributed by atoms with Crippen LogP contribution in [0.1, 0.15) is 44.9 Å². The Balaban J connectivity index is 2.02. The van der Waals surface area contributed by atoms with Gasteiger partial charge in [0, 0.05) is 5.03 Å². The molecule has 1 fully saturated rings. The number of allylic oxidation sites excluding steroid dienone is 2. The van der Waals surface area contributed by atoms with Crippen LogP contribution in [0.15, 0.2) is 22.8 Å². The average molecular weight is 227 g/mol. The Labute approximate surface area is 96.8 Å². The van der Waals surface area contributed by atoms with Gasteiger partial charge in [-0.15, -0.1) is 0 Å². The molecule has 0 bridgehead atoms. The summed E-state index contributed by atoms with van der Waals surface area (Å²) in [6, 6.07) is 0. The molecule has 84 valence electrons. The molecule has 2 aliphatic carbocycles. The lowest BCUT2D eigenvalue weighted by Gasteiger charge is -2.29. The second kappa shape index (κ2) is 5.18. The fourth-order valence-electron chi connectivity index (χ4n) is 2.63. The van der Waals surface area contributed by atoms with E-state index in [2.05, 4.69) is 6.08 Å². The van der Waals surface area contributed by atoms with E-state index >= 15 is 0 Å². The first-order valence-electron chi connectivity index (χ1n) is 6.03. The molecular weight excluding hydrogens is 208 g/mol. The van der Waals surface area contributed by atoms with Gasteiger partial charge in [-0.3, -0.25) is 0 Å². The molecule has 0 radical (unpaired) electrons. The molecule has 0 aromatic rings. The molecule has 0 aromatic carbocycles.